The molecular weight excluding hydrogens is 224 g/mol. The number of carboxylic acids is 1. The van der Waals surface area contributed by atoms with E-state index >= 15 is 0 Å². The first-order chi connectivity index (χ1) is 8.15. The summed E-state index contributed by atoms with van der Waals surface area (Å²) in [6.45, 7) is 0.756. The molecule has 17 heavy (non-hydrogen) atoms. The number of hydrogen-bond donors (Lipinski definition) is 2. The van der Waals surface area contributed by atoms with Crippen molar-refractivity contribution in [3.8, 4) is 0 Å². The molecule has 2 saturated heterocycles. The Labute approximate surface area is 99.7 Å². The second kappa shape index (κ2) is 5.01. The van der Waals surface area contributed by atoms with Crippen LogP contribution >= 0.6 is 0 Å². The van der Waals surface area contributed by atoms with Crippen LogP contribution < -0.4 is 5.73 Å². The van der Waals surface area contributed by atoms with E-state index in [1.807, 2.05) is 0 Å². The highest BCUT2D eigenvalue weighted by atomic mass is 16.5. The standard InChI is InChI=1S/C11H18N2O4/c12-3-4-17-6-10(14)13-7-1-2-9(13)8(5-7)11(15)16/h7-9H,1-6,12H2,(H,15,16). The molecule has 3 unspecified atom stereocenters. The summed E-state index contributed by atoms with van der Waals surface area (Å²) in [5, 5.41) is 9.06. The molecule has 2 heterocycles. The van der Waals surface area contributed by atoms with Crippen LogP contribution in [-0.2, 0) is 14.3 Å². The lowest BCUT2D eigenvalue weighted by Crippen LogP contribution is -2.40. The maximum Gasteiger partial charge on any atom is 0.308 e. The summed E-state index contributed by atoms with van der Waals surface area (Å²) in [6, 6.07) is -0.0402. The largest absolute Gasteiger partial charge is 0.481 e. The van der Waals surface area contributed by atoms with Crippen molar-refractivity contribution in [2.45, 2.75) is 31.3 Å². The van der Waals surface area contributed by atoms with Gasteiger partial charge in [-0.15, -0.1) is 0 Å². The molecule has 3 N–H and O–H groups in total. The van der Waals surface area contributed by atoms with Gasteiger partial charge in [-0.3, -0.25) is 9.59 Å². The number of carboxylic acid groups (broad SMARTS) is 1. The van der Waals surface area contributed by atoms with Crippen molar-refractivity contribution < 1.29 is 19.4 Å². The Hall–Kier alpha value is -1.14. The summed E-state index contributed by atoms with van der Waals surface area (Å²) in [7, 11) is 0. The maximum atomic E-state index is 11.9. The van der Waals surface area contributed by atoms with E-state index in [1.54, 1.807) is 4.90 Å². The van der Waals surface area contributed by atoms with Crippen molar-refractivity contribution in [1.82, 2.24) is 4.90 Å². The summed E-state index contributed by atoms with van der Waals surface area (Å²) in [5.74, 6) is -1.29. The Morgan fingerprint density at radius 1 is 1.41 bits per heavy atom. The van der Waals surface area contributed by atoms with E-state index in [1.165, 1.54) is 0 Å². The van der Waals surface area contributed by atoms with E-state index < -0.39 is 11.9 Å². The molecule has 0 spiro atoms. The van der Waals surface area contributed by atoms with Crippen molar-refractivity contribution in [2.24, 2.45) is 11.7 Å². The quantitative estimate of drug-likeness (QED) is 0.629. The highest BCUT2D eigenvalue weighted by Crippen LogP contribution is 2.41. The van der Waals surface area contributed by atoms with E-state index in [9.17, 15) is 9.59 Å². The SMILES string of the molecule is NCCOCC(=O)N1C2CCC1C(C(=O)O)C2. The van der Waals surface area contributed by atoms with Crippen molar-refractivity contribution >= 4 is 11.9 Å². The summed E-state index contributed by atoms with van der Waals surface area (Å²) in [6.07, 6.45) is 2.30. The molecule has 0 aromatic heterocycles. The van der Waals surface area contributed by atoms with Gasteiger partial charge in [0, 0.05) is 18.6 Å². The molecule has 2 rings (SSSR count). The van der Waals surface area contributed by atoms with Crippen LogP contribution in [0.25, 0.3) is 0 Å². The topological polar surface area (TPSA) is 92.9 Å². The third-order valence-electron chi connectivity index (χ3n) is 3.63. The zero-order chi connectivity index (χ0) is 12.4. The number of aliphatic carboxylic acids is 1. The van der Waals surface area contributed by atoms with Crippen LogP contribution in [0.3, 0.4) is 0 Å². The Balaban J connectivity index is 1.93. The fraction of sp³-hybridized carbons (Fsp3) is 0.818. The van der Waals surface area contributed by atoms with Gasteiger partial charge >= 0.3 is 5.97 Å². The summed E-state index contributed by atoms with van der Waals surface area (Å²) >= 11 is 0. The normalized spacial score (nSPS) is 30.9. The van der Waals surface area contributed by atoms with Gasteiger partial charge in [0.1, 0.15) is 6.61 Å². The number of fused-ring (bicyclic) bond motifs is 2. The molecule has 0 aromatic rings. The highest BCUT2D eigenvalue weighted by molar-refractivity contribution is 5.81. The molecule has 2 aliphatic rings. The van der Waals surface area contributed by atoms with Gasteiger partial charge in [-0.25, -0.2) is 0 Å². The Morgan fingerprint density at radius 2 is 2.18 bits per heavy atom. The van der Waals surface area contributed by atoms with Gasteiger partial charge in [-0.1, -0.05) is 0 Å². The van der Waals surface area contributed by atoms with E-state index in [2.05, 4.69) is 0 Å². The van der Waals surface area contributed by atoms with E-state index in [4.69, 9.17) is 15.6 Å². The summed E-state index contributed by atoms with van der Waals surface area (Å²) in [4.78, 5) is 24.7. The number of rotatable bonds is 5. The van der Waals surface area contributed by atoms with Crippen LogP contribution in [0.4, 0.5) is 0 Å². The van der Waals surface area contributed by atoms with Crippen molar-refractivity contribution in [3.63, 3.8) is 0 Å². The third kappa shape index (κ3) is 2.28. The molecule has 6 nitrogen and oxygen atoms in total. The number of nitrogens with zero attached hydrogens (tertiary/aromatic N) is 1. The number of carbonyl (C=O) groups is 2. The molecule has 96 valence electrons. The first-order valence-electron chi connectivity index (χ1n) is 5.97. The van der Waals surface area contributed by atoms with Gasteiger partial charge in [0.25, 0.3) is 0 Å². The first kappa shape index (κ1) is 12.3. The number of hydrogen-bond acceptors (Lipinski definition) is 4. The minimum atomic E-state index is -0.794. The van der Waals surface area contributed by atoms with Gasteiger partial charge in [-0.2, -0.15) is 0 Å². The van der Waals surface area contributed by atoms with Gasteiger partial charge in [0.2, 0.25) is 5.91 Å². The Morgan fingerprint density at radius 3 is 2.76 bits per heavy atom. The number of amides is 1. The molecule has 1 amide bonds. The minimum absolute atomic E-state index is 0.0105. The predicted octanol–water partition coefficient (Wildman–Crippen LogP) is -0.574. The molecule has 0 saturated carbocycles. The minimum Gasteiger partial charge on any atom is -0.481 e. The van der Waals surface area contributed by atoms with E-state index in [-0.39, 0.29) is 24.6 Å². The average Bonchev–Trinajstić information content (AvgIpc) is 2.86. The molecule has 0 aromatic carbocycles. The number of ether oxygens (including phenoxy) is 1. The second-order valence-corrected chi connectivity index (χ2v) is 4.62. The lowest BCUT2D eigenvalue weighted by atomic mass is 9.89. The van der Waals surface area contributed by atoms with Gasteiger partial charge < -0.3 is 20.5 Å². The van der Waals surface area contributed by atoms with Gasteiger partial charge in [0.05, 0.1) is 12.5 Å². The van der Waals surface area contributed by atoms with Gasteiger partial charge in [-0.05, 0) is 19.3 Å². The zero-order valence-corrected chi connectivity index (χ0v) is 9.67. The fourth-order valence-electron chi connectivity index (χ4n) is 2.96. The lowest BCUT2D eigenvalue weighted by molar-refractivity contribution is -0.143. The molecule has 0 aliphatic carbocycles. The molecule has 3 atom stereocenters. The molecule has 2 bridgehead atoms. The van der Waals surface area contributed by atoms with Crippen molar-refractivity contribution in [3.05, 3.63) is 0 Å². The molecular formula is C11H18N2O4. The van der Waals surface area contributed by atoms with Crippen LogP contribution in [0.1, 0.15) is 19.3 Å². The number of nitrogens with two attached hydrogens (primary N) is 1. The highest BCUT2D eigenvalue weighted by Gasteiger charge is 2.51. The molecule has 2 fully saturated rings. The lowest BCUT2D eigenvalue weighted by Gasteiger charge is -2.22. The molecule has 0 radical (unpaired) electrons. The Bertz CT molecular complexity index is 321. The average molecular weight is 242 g/mol. The second-order valence-electron chi connectivity index (χ2n) is 4.62. The molecule has 2 aliphatic heterocycles. The van der Waals surface area contributed by atoms with Crippen LogP contribution in [-0.4, -0.2) is 53.7 Å². The summed E-state index contributed by atoms with van der Waals surface area (Å²) in [5.41, 5.74) is 5.27. The van der Waals surface area contributed by atoms with Crippen LogP contribution in [0.2, 0.25) is 0 Å². The van der Waals surface area contributed by atoms with Crippen LogP contribution in [0.15, 0.2) is 0 Å². The zero-order valence-electron chi connectivity index (χ0n) is 9.67. The third-order valence-corrected chi connectivity index (χ3v) is 3.63. The molecule has 6 heteroatoms. The van der Waals surface area contributed by atoms with E-state index in [0.29, 0.717) is 19.6 Å². The van der Waals surface area contributed by atoms with Crippen molar-refractivity contribution in [1.29, 1.82) is 0 Å². The van der Waals surface area contributed by atoms with Crippen molar-refractivity contribution in [2.75, 3.05) is 19.8 Å². The van der Waals surface area contributed by atoms with Gasteiger partial charge in [0.15, 0.2) is 0 Å². The predicted molar refractivity (Wildman–Crippen MR) is 59.3 cm³/mol. The van der Waals surface area contributed by atoms with Crippen LogP contribution in [0.5, 0.6) is 0 Å². The van der Waals surface area contributed by atoms with E-state index in [0.717, 1.165) is 12.8 Å². The van der Waals surface area contributed by atoms with Crippen LogP contribution in [0, 0.1) is 5.92 Å². The monoisotopic (exact) mass is 242 g/mol. The fourth-order valence-corrected chi connectivity index (χ4v) is 2.96. The smallest absolute Gasteiger partial charge is 0.308 e. The maximum absolute atomic E-state index is 11.9. The Kier molecular flexibility index (Phi) is 3.63. The number of carbonyl (C=O) groups excluding carboxylic acids is 1. The summed E-state index contributed by atoms with van der Waals surface area (Å²) < 4.78 is 5.11. The first-order valence-corrected chi connectivity index (χ1v) is 5.97.